The third-order valence-electron chi connectivity index (χ3n) is 6.49. The van der Waals surface area contributed by atoms with Crippen LogP contribution in [0.25, 0.3) is 0 Å². The topological polar surface area (TPSA) is 58.6 Å². The Morgan fingerprint density at radius 3 is 0.786 bits per heavy atom. The van der Waals surface area contributed by atoms with Gasteiger partial charge in [-0.3, -0.25) is 4.90 Å². The lowest BCUT2D eigenvalue weighted by molar-refractivity contribution is 0.0753. The van der Waals surface area contributed by atoms with Crippen LogP contribution in [0.2, 0.25) is 19.6 Å². The maximum absolute atomic E-state index is 6.01. The van der Waals surface area contributed by atoms with Crippen LogP contribution in [0.5, 0.6) is 0 Å². The summed E-state index contributed by atoms with van der Waals surface area (Å²) in [6.45, 7) is 13.0. The third kappa shape index (κ3) is 5.74. The van der Waals surface area contributed by atoms with Gasteiger partial charge in [0.05, 0.1) is 17.0 Å². The third-order valence-corrected chi connectivity index (χ3v) is 17.1. The van der Waals surface area contributed by atoms with Crippen molar-refractivity contribution in [2.24, 2.45) is 0 Å². The first-order valence-electron chi connectivity index (χ1n) is 10.2. The van der Waals surface area contributed by atoms with Gasteiger partial charge in [0.25, 0.3) is 0 Å². The van der Waals surface area contributed by atoms with E-state index in [1.807, 2.05) is 0 Å². The molecule has 0 bridgehead atoms. The summed E-state index contributed by atoms with van der Waals surface area (Å²) in [5.41, 5.74) is 0.310. The maximum atomic E-state index is 6.01. The van der Waals surface area contributed by atoms with Crippen molar-refractivity contribution in [3.8, 4) is 0 Å². The summed E-state index contributed by atoms with van der Waals surface area (Å²) in [5, 5.41) is 0. The second-order valence-electron chi connectivity index (χ2n) is 7.49. The van der Waals surface area contributed by atoms with Crippen LogP contribution in [0.15, 0.2) is 0 Å². The van der Waals surface area contributed by atoms with Gasteiger partial charge in [-0.25, -0.2) is 0 Å². The first-order chi connectivity index (χ1) is 13.1. The van der Waals surface area contributed by atoms with Gasteiger partial charge in [0, 0.05) is 42.7 Å². The molecule has 28 heavy (non-hydrogen) atoms. The van der Waals surface area contributed by atoms with E-state index in [2.05, 4.69) is 45.3 Å². The van der Waals surface area contributed by atoms with Gasteiger partial charge in [-0.15, -0.1) is 0 Å². The molecule has 0 saturated carbocycles. The Hall–Kier alpha value is 0.371. The minimum Gasteiger partial charge on any atom is -0.397 e. The fourth-order valence-electron chi connectivity index (χ4n) is 4.28. The van der Waals surface area contributed by atoms with Gasteiger partial charge in [-0.2, -0.15) is 0 Å². The van der Waals surface area contributed by atoms with Crippen LogP contribution >= 0.6 is 0 Å². The van der Waals surface area contributed by atoms with E-state index in [-0.39, 0.29) is 17.0 Å². The number of hydrogen-bond donors (Lipinski definition) is 0. The first kappa shape index (κ1) is 28.4. The highest BCUT2D eigenvalue weighted by Gasteiger charge is 2.56. The van der Waals surface area contributed by atoms with Crippen molar-refractivity contribution in [1.82, 2.24) is 4.90 Å². The monoisotopic (exact) mass is 455 g/mol. The van der Waals surface area contributed by atoms with Crippen molar-refractivity contribution in [3.63, 3.8) is 0 Å². The molecule has 170 valence electrons. The largest absolute Gasteiger partial charge is 0.397 e. The van der Waals surface area contributed by atoms with Crippen molar-refractivity contribution in [3.05, 3.63) is 0 Å². The number of nitrogens with zero attached hydrogens (tertiary/aromatic N) is 1. The normalized spacial score (nSPS) is 17.0. The SMILES string of the molecule is CCC(N(C(CC)[Si](C)(OC)OC)C(CC)[Si](C)(OC)OC)[Si](C)(OC)OC. The molecule has 0 spiro atoms. The lowest BCUT2D eigenvalue weighted by atomic mass is 10.3. The molecular formula is C18H45NO6Si3. The zero-order valence-corrected chi connectivity index (χ0v) is 23.3. The summed E-state index contributed by atoms with van der Waals surface area (Å²) >= 11 is 0. The molecule has 3 unspecified atom stereocenters. The van der Waals surface area contributed by atoms with Gasteiger partial charge < -0.3 is 26.6 Å². The van der Waals surface area contributed by atoms with E-state index in [0.717, 1.165) is 19.3 Å². The Bertz CT molecular complexity index is 372. The van der Waals surface area contributed by atoms with Crippen LogP contribution in [-0.4, -0.2) is 90.2 Å². The standard InChI is InChI=1S/C18H45NO6Si3/c1-13-16(26(10,20-4)21-5)19(17(14-2)27(11,22-6)23-7)18(15-3)28(12,24-8)25-9/h16-18H,13-15H2,1-12H3. The molecule has 0 aliphatic rings. The Morgan fingerprint density at radius 1 is 0.500 bits per heavy atom. The number of rotatable bonds is 15. The van der Waals surface area contributed by atoms with Crippen LogP contribution in [-0.2, 0) is 26.6 Å². The molecule has 0 heterocycles. The zero-order valence-electron chi connectivity index (χ0n) is 20.3. The van der Waals surface area contributed by atoms with Crippen molar-refractivity contribution in [2.75, 3.05) is 42.7 Å². The predicted molar refractivity (Wildman–Crippen MR) is 121 cm³/mol. The van der Waals surface area contributed by atoms with Crippen LogP contribution < -0.4 is 0 Å². The van der Waals surface area contributed by atoms with Crippen LogP contribution in [0.3, 0.4) is 0 Å². The molecule has 10 heteroatoms. The number of hydrogen-bond acceptors (Lipinski definition) is 7. The molecule has 0 amide bonds. The maximum Gasteiger partial charge on any atom is 0.352 e. The molecule has 0 aliphatic carbocycles. The molecule has 0 aromatic rings. The molecular weight excluding hydrogens is 410 g/mol. The summed E-state index contributed by atoms with van der Waals surface area (Å²) < 4.78 is 36.1. The van der Waals surface area contributed by atoms with Crippen molar-refractivity contribution < 1.29 is 26.6 Å². The van der Waals surface area contributed by atoms with Gasteiger partial charge in [-0.1, -0.05) is 20.8 Å². The second kappa shape index (κ2) is 12.3. The molecule has 0 radical (unpaired) electrons. The zero-order chi connectivity index (χ0) is 22.2. The smallest absolute Gasteiger partial charge is 0.352 e. The van der Waals surface area contributed by atoms with Crippen molar-refractivity contribution in [1.29, 1.82) is 0 Å². The predicted octanol–water partition coefficient (Wildman–Crippen LogP) is 3.34. The van der Waals surface area contributed by atoms with Crippen LogP contribution in [0, 0.1) is 0 Å². The highest BCUT2D eigenvalue weighted by molar-refractivity contribution is 6.71. The summed E-state index contributed by atoms with van der Waals surface area (Å²) in [6.07, 6.45) is 2.69. The average molecular weight is 456 g/mol. The molecule has 0 fully saturated rings. The summed E-state index contributed by atoms with van der Waals surface area (Å²) in [4.78, 5) is 2.54. The Labute approximate surface area is 176 Å². The van der Waals surface area contributed by atoms with E-state index in [1.54, 1.807) is 42.7 Å². The lowest BCUT2D eigenvalue weighted by Gasteiger charge is -2.52. The van der Waals surface area contributed by atoms with E-state index in [1.165, 1.54) is 0 Å². The molecule has 0 aliphatic heterocycles. The molecule has 7 nitrogen and oxygen atoms in total. The van der Waals surface area contributed by atoms with E-state index in [9.17, 15) is 0 Å². The highest BCUT2D eigenvalue weighted by atomic mass is 28.4. The van der Waals surface area contributed by atoms with Gasteiger partial charge in [0.15, 0.2) is 0 Å². The Morgan fingerprint density at radius 2 is 0.679 bits per heavy atom. The van der Waals surface area contributed by atoms with Crippen LogP contribution in [0.1, 0.15) is 40.0 Å². The fourth-order valence-corrected chi connectivity index (χ4v) is 11.8. The second-order valence-corrected chi connectivity index (χ2v) is 18.0. The molecule has 0 rings (SSSR count). The molecule has 3 atom stereocenters. The van der Waals surface area contributed by atoms with Gasteiger partial charge in [0.1, 0.15) is 0 Å². The Balaban J connectivity index is 6.73. The van der Waals surface area contributed by atoms with E-state index in [4.69, 9.17) is 26.6 Å². The average Bonchev–Trinajstić information content (AvgIpc) is 2.73. The lowest BCUT2D eigenvalue weighted by Crippen LogP contribution is -2.73. The fraction of sp³-hybridized carbons (Fsp3) is 1.00. The van der Waals surface area contributed by atoms with Crippen LogP contribution in [0.4, 0.5) is 0 Å². The van der Waals surface area contributed by atoms with Crippen molar-refractivity contribution in [2.45, 2.75) is 76.7 Å². The Kier molecular flexibility index (Phi) is 12.4. The van der Waals surface area contributed by atoms with E-state index < -0.39 is 25.7 Å². The molecule has 0 aromatic heterocycles. The minimum absolute atomic E-state index is 0.103. The summed E-state index contributed by atoms with van der Waals surface area (Å²) in [6, 6.07) is 0. The summed E-state index contributed by atoms with van der Waals surface area (Å²) in [5.74, 6) is 0. The summed E-state index contributed by atoms with van der Waals surface area (Å²) in [7, 11) is 3.00. The molecule has 0 aromatic carbocycles. The van der Waals surface area contributed by atoms with E-state index in [0.29, 0.717) is 0 Å². The highest BCUT2D eigenvalue weighted by Crippen LogP contribution is 2.34. The van der Waals surface area contributed by atoms with Crippen molar-refractivity contribution >= 4 is 25.7 Å². The quantitative estimate of drug-likeness (QED) is 0.351. The van der Waals surface area contributed by atoms with Gasteiger partial charge in [0.2, 0.25) is 0 Å². The first-order valence-corrected chi connectivity index (χ1v) is 17.3. The minimum atomic E-state index is -2.51. The molecule has 0 saturated heterocycles. The van der Waals surface area contributed by atoms with Gasteiger partial charge in [-0.05, 0) is 38.9 Å². The van der Waals surface area contributed by atoms with Gasteiger partial charge >= 0.3 is 25.7 Å². The molecule has 0 N–H and O–H groups in total. The van der Waals surface area contributed by atoms with E-state index >= 15 is 0 Å².